The molecule has 1 aliphatic rings. The summed E-state index contributed by atoms with van der Waals surface area (Å²) < 4.78 is 44.7. The number of imidazole rings is 1. The molecule has 3 heterocycles. The van der Waals surface area contributed by atoms with Crippen molar-refractivity contribution >= 4 is 34.9 Å². The lowest BCUT2D eigenvalue weighted by molar-refractivity contribution is -0.166. The van der Waals surface area contributed by atoms with Gasteiger partial charge in [-0.15, -0.1) is 0 Å². The van der Waals surface area contributed by atoms with Gasteiger partial charge in [0.2, 0.25) is 5.78 Å². The van der Waals surface area contributed by atoms with Gasteiger partial charge in [-0.2, -0.15) is 0 Å². The third kappa shape index (κ3) is 5.01. The number of benzene rings is 1. The number of hydrogen-bond acceptors (Lipinski definition) is 11. The molecule has 182 valence electrons. The van der Waals surface area contributed by atoms with Crippen LogP contribution in [0.3, 0.4) is 0 Å². The smallest absolute Gasteiger partial charge is 0.303 e. The van der Waals surface area contributed by atoms with Crippen LogP contribution in [0.1, 0.15) is 47.1 Å². The van der Waals surface area contributed by atoms with Gasteiger partial charge < -0.3 is 18.9 Å². The average molecular weight is 485 g/mol. The minimum Gasteiger partial charge on any atom is -0.463 e. The van der Waals surface area contributed by atoms with Gasteiger partial charge in [0.1, 0.15) is 30.2 Å². The molecule has 3 aromatic rings. The van der Waals surface area contributed by atoms with Gasteiger partial charge in [-0.05, 0) is 0 Å². The van der Waals surface area contributed by atoms with Crippen LogP contribution < -0.4 is 0 Å². The van der Waals surface area contributed by atoms with Gasteiger partial charge in [0.15, 0.2) is 24.1 Å². The molecule has 1 unspecified atom stereocenters. The first-order valence-corrected chi connectivity index (χ1v) is 10.2. The predicted octanol–water partition coefficient (Wildman–Crippen LogP) is 1.38. The van der Waals surface area contributed by atoms with Gasteiger partial charge in [-0.1, -0.05) is 30.3 Å². The van der Waals surface area contributed by atoms with Crippen LogP contribution in [0.15, 0.2) is 43.0 Å². The van der Waals surface area contributed by atoms with E-state index in [1.807, 2.05) is 0 Å². The third-order valence-corrected chi connectivity index (χ3v) is 5.11. The molecule has 4 atom stereocenters. The van der Waals surface area contributed by atoms with Crippen LogP contribution in [0.2, 0.25) is 0 Å². The molecule has 1 aromatic carbocycles. The van der Waals surface area contributed by atoms with Crippen LogP contribution in [-0.2, 0) is 33.3 Å². The van der Waals surface area contributed by atoms with Crippen molar-refractivity contribution in [3.8, 4) is 0 Å². The highest BCUT2D eigenvalue weighted by Crippen LogP contribution is 2.36. The number of carbonyl (C=O) groups is 4. The van der Waals surface area contributed by atoms with Gasteiger partial charge in [0, 0.05) is 30.4 Å². The second-order valence-electron chi connectivity index (χ2n) is 7.40. The number of ether oxygens (including phenoxy) is 4. The summed E-state index contributed by atoms with van der Waals surface area (Å²) in [5.41, 5.74) is 0.640. The molecule has 0 bridgehead atoms. The fourth-order valence-corrected chi connectivity index (χ4v) is 3.74. The summed E-state index contributed by atoms with van der Waals surface area (Å²) in [5, 5.41) is 0. The number of ketones is 1. The number of rotatable bonds is 7. The topological polar surface area (TPSA) is 149 Å². The van der Waals surface area contributed by atoms with E-state index in [1.165, 1.54) is 10.9 Å². The van der Waals surface area contributed by atoms with Crippen LogP contribution in [0, 0.1) is 0 Å². The van der Waals surface area contributed by atoms with E-state index in [2.05, 4.69) is 15.0 Å². The summed E-state index contributed by atoms with van der Waals surface area (Å²) in [6.07, 6.45) is -2.68. The molecule has 0 amide bonds. The zero-order chi connectivity index (χ0) is 27.2. The van der Waals surface area contributed by atoms with Crippen molar-refractivity contribution < 1.29 is 42.2 Å². The van der Waals surface area contributed by atoms with Crippen LogP contribution in [0.5, 0.6) is 0 Å². The number of hydrogen-bond donors (Lipinski definition) is 0. The minimum absolute atomic E-state index is 0.00996. The predicted molar refractivity (Wildman–Crippen MR) is 117 cm³/mol. The third-order valence-electron chi connectivity index (χ3n) is 5.11. The molecular formula is C23H22N4O8. The standard InChI is InChI=1S/C23H22N4O8/c1-12(28)32-9-16-20(33-13(2)29)21(34-14(3)30)23(35-16)27-11-26-18-17(24-10-25-22(18)27)19(31)15-7-5-4-6-8-15/h4-8,10-11,16,20-21,23H,9H2,1-3H3/t16-,20-,21-,23?/m1/s1/i1D,2D,3D. The van der Waals surface area contributed by atoms with Gasteiger partial charge in [0.05, 0.1) is 6.33 Å². The lowest BCUT2D eigenvalue weighted by Gasteiger charge is -2.23. The van der Waals surface area contributed by atoms with E-state index in [0.29, 0.717) is 5.56 Å². The quantitative estimate of drug-likeness (QED) is 0.271. The summed E-state index contributed by atoms with van der Waals surface area (Å²) >= 11 is 0. The Balaban J connectivity index is 1.74. The largest absolute Gasteiger partial charge is 0.463 e. The number of esters is 3. The van der Waals surface area contributed by atoms with E-state index in [4.69, 9.17) is 23.1 Å². The highest BCUT2D eigenvalue weighted by molar-refractivity contribution is 6.13. The summed E-state index contributed by atoms with van der Waals surface area (Å²) in [5.74, 6) is -3.20. The first-order chi connectivity index (χ1) is 18.4. The zero-order valence-electron chi connectivity index (χ0n) is 21.2. The number of nitrogens with zero attached hydrogens (tertiary/aromatic N) is 4. The fourth-order valence-electron chi connectivity index (χ4n) is 3.74. The number of aromatic nitrogens is 4. The zero-order valence-corrected chi connectivity index (χ0v) is 18.2. The van der Waals surface area contributed by atoms with E-state index in [-0.39, 0.29) is 16.9 Å². The molecule has 1 fully saturated rings. The second-order valence-corrected chi connectivity index (χ2v) is 7.40. The van der Waals surface area contributed by atoms with Crippen molar-refractivity contribution in [1.29, 1.82) is 0 Å². The highest BCUT2D eigenvalue weighted by Gasteiger charge is 2.51. The van der Waals surface area contributed by atoms with Crippen molar-refractivity contribution in [3.05, 3.63) is 54.2 Å². The Hall–Kier alpha value is -4.19. The Kier molecular flexibility index (Phi) is 5.76. The van der Waals surface area contributed by atoms with Crippen LogP contribution in [-0.4, -0.2) is 68.1 Å². The molecule has 12 heteroatoms. The molecule has 35 heavy (non-hydrogen) atoms. The number of carbonyl (C=O) groups excluding carboxylic acids is 4. The molecule has 0 N–H and O–H groups in total. The lowest BCUT2D eigenvalue weighted by atomic mass is 10.1. The normalized spacial score (nSPS) is 22.6. The Bertz CT molecular complexity index is 1340. The van der Waals surface area contributed by atoms with Crippen LogP contribution >= 0.6 is 0 Å². The molecule has 0 aliphatic carbocycles. The van der Waals surface area contributed by atoms with Gasteiger partial charge in [0.25, 0.3) is 0 Å². The van der Waals surface area contributed by atoms with Crippen molar-refractivity contribution in [2.24, 2.45) is 0 Å². The van der Waals surface area contributed by atoms with E-state index < -0.39 is 75.5 Å². The first kappa shape index (κ1) is 20.2. The van der Waals surface area contributed by atoms with Crippen LogP contribution in [0.4, 0.5) is 0 Å². The van der Waals surface area contributed by atoms with Crippen molar-refractivity contribution in [2.75, 3.05) is 6.61 Å². The molecule has 2 aromatic heterocycles. The highest BCUT2D eigenvalue weighted by atomic mass is 16.7. The van der Waals surface area contributed by atoms with Crippen molar-refractivity contribution in [1.82, 2.24) is 19.5 Å². The molecular weight excluding hydrogens is 460 g/mol. The maximum atomic E-state index is 13.1. The summed E-state index contributed by atoms with van der Waals surface area (Å²) in [4.78, 5) is 61.4. The van der Waals surface area contributed by atoms with Gasteiger partial charge >= 0.3 is 17.9 Å². The van der Waals surface area contributed by atoms with Gasteiger partial charge in [-0.25, -0.2) is 15.0 Å². The molecule has 1 saturated heterocycles. The van der Waals surface area contributed by atoms with Crippen LogP contribution in [0.25, 0.3) is 11.2 Å². The molecule has 0 radical (unpaired) electrons. The Morgan fingerprint density at radius 3 is 2.40 bits per heavy atom. The lowest BCUT2D eigenvalue weighted by Crippen LogP contribution is -2.40. The molecule has 12 nitrogen and oxygen atoms in total. The van der Waals surface area contributed by atoms with Crippen molar-refractivity contribution in [2.45, 2.75) is 45.2 Å². The summed E-state index contributed by atoms with van der Waals surface area (Å²) in [6, 6.07) is 8.41. The molecule has 0 spiro atoms. The molecule has 1 aliphatic heterocycles. The number of fused-ring (bicyclic) bond motifs is 1. The monoisotopic (exact) mass is 485 g/mol. The molecule has 0 saturated carbocycles. The summed E-state index contributed by atoms with van der Waals surface area (Å²) in [6.45, 7) is -2.61. The maximum Gasteiger partial charge on any atom is 0.303 e. The molecule has 4 rings (SSSR count). The SMILES string of the molecule is [2H]CC(=O)OC[C@H]1OC(n2cnc3c(C(=O)c4ccccc4)ncnc32)[C@H](OC(=O)C[2H])[C@@H]1OC(=O)C[2H]. The Morgan fingerprint density at radius 2 is 1.69 bits per heavy atom. The van der Waals surface area contributed by atoms with Crippen molar-refractivity contribution in [3.63, 3.8) is 0 Å². The van der Waals surface area contributed by atoms with E-state index in [9.17, 15) is 19.2 Å². The fraction of sp³-hybridized carbons (Fsp3) is 0.348. The van der Waals surface area contributed by atoms with Gasteiger partial charge in [-0.3, -0.25) is 23.7 Å². The first-order valence-electron chi connectivity index (χ1n) is 12.3. The maximum absolute atomic E-state index is 13.1. The second kappa shape index (κ2) is 9.97. The van der Waals surface area contributed by atoms with E-state index in [0.717, 1.165) is 6.33 Å². The summed E-state index contributed by atoms with van der Waals surface area (Å²) in [7, 11) is 0. The minimum atomic E-state index is -1.36. The Morgan fingerprint density at radius 1 is 0.971 bits per heavy atom. The average Bonchev–Trinajstić information content (AvgIpc) is 3.52. The van der Waals surface area contributed by atoms with E-state index in [1.54, 1.807) is 30.3 Å². The van der Waals surface area contributed by atoms with E-state index >= 15 is 0 Å². The Labute approximate surface area is 203 Å².